The van der Waals surface area contributed by atoms with Gasteiger partial charge in [-0.05, 0) is 74.2 Å². The van der Waals surface area contributed by atoms with Crippen molar-refractivity contribution in [1.29, 1.82) is 0 Å². The highest BCUT2D eigenvalue weighted by atomic mass is 32.2. The predicted octanol–water partition coefficient (Wildman–Crippen LogP) is 5.62. The Balaban J connectivity index is 1.70. The molecule has 1 unspecified atom stereocenters. The van der Waals surface area contributed by atoms with Gasteiger partial charge in [0.1, 0.15) is 5.75 Å². The van der Waals surface area contributed by atoms with Crippen LogP contribution in [0.1, 0.15) is 41.3 Å². The van der Waals surface area contributed by atoms with Crippen LogP contribution >= 0.6 is 11.3 Å². The molecule has 194 valence electrons. The lowest BCUT2D eigenvalue weighted by Gasteiger charge is -2.29. The molecule has 1 aliphatic heterocycles. The van der Waals surface area contributed by atoms with Gasteiger partial charge in [-0.1, -0.05) is 24.3 Å². The number of sulfonamides is 1. The van der Waals surface area contributed by atoms with Gasteiger partial charge in [-0.3, -0.25) is 4.79 Å². The maximum atomic E-state index is 13.4. The van der Waals surface area contributed by atoms with Crippen LogP contribution in [0, 0.1) is 19.8 Å². The van der Waals surface area contributed by atoms with E-state index in [9.17, 15) is 13.2 Å². The van der Waals surface area contributed by atoms with Crippen molar-refractivity contribution in [1.82, 2.24) is 9.71 Å². The van der Waals surface area contributed by atoms with Crippen LogP contribution in [0.25, 0.3) is 31.6 Å². The summed E-state index contributed by atoms with van der Waals surface area (Å²) in [6.07, 6.45) is 2.67. The van der Waals surface area contributed by atoms with Crippen molar-refractivity contribution in [3.8, 4) is 16.3 Å². The van der Waals surface area contributed by atoms with E-state index in [1.54, 1.807) is 17.4 Å². The topological polar surface area (TPSA) is 94.6 Å². The van der Waals surface area contributed by atoms with Gasteiger partial charge < -0.3 is 9.47 Å². The molecule has 1 saturated heterocycles. The summed E-state index contributed by atoms with van der Waals surface area (Å²) in [6, 6.07) is 13.6. The Bertz CT molecular complexity index is 1600. The molecule has 7 nitrogen and oxygen atoms in total. The highest BCUT2D eigenvalue weighted by Crippen LogP contribution is 2.40. The fourth-order valence-electron chi connectivity index (χ4n) is 4.96. The fraction of sp³-hybridized carbons (Fsp3) is 0.357. The van der Waals surface area contributed by atoms with Crippen LogP contribution in [0.3, 0.4) is 0 Å². The van der Waals surface area contributed by atoms with Gasteiger partial charge in [0.25, 0.3) is 5.91 Å². The molecule has 1 N–H and O–H groups in total. The Morgan fingerprint density at radius 3 is 2.59 bits per heavy atom. The second kappa shape index (κ2) is 10.0. The van der Waals surface area contributed by atoms with E-state index in [-0.39, 0.29) is 11.7 Å². The molecule has 0 spiro atoms. The molecule has 37 heavy (non-hydrogen) atoms. The molecule has 0 bridgehead atoms. The van der Waals surface area contributed by atoms with Crippen LogP contribution < -0.4 is 9.46 Å². The van der Waals surface area contributed by atoms with Crippen LogP contribution in [-0.4, -0.2) is 44.9 Å². The molecule has 1 fully saturated rings. The first-order valence-corrected chi connectivity index (χ1v) is 15.0. The smallest absolute Gasteiger partial charge is 0.265 e. The van der Waals surface area contributed by atoms with E-state index < -0.39 is 15.9 Å². The second-order valence-electron chi connectivity index (χ2n) is 9.69. The van der Waals surface area contributed by atoms with Gasteiger partial charge in [0.05, 0.1) is 39.4 Å². The largest absolute Gasteiger partial charge is 0.490 e. The zero-order chi connectivity index (χ0) is 26.3. The number of carbonyl (C=O) groups excluding carboxylic acids is 1. The zero-order valence-corrected chi connectivity index (χ0v) is 23.0. The number of ether oxygens (including phenoxy) is 2. The Morgan fingerprint density at radius 2 is 1.89 bits per heavy atom. The number of hydrogen-bond acceptors (Lipinski definition) is 7. The average molecular weight is 539 g/mol. The van der Waals surface area contributed by atoms with Crippen molar-refractivity contribution in [2.24, 2.45) is 5.92 Å². The van der Waals surface area contributed by atoms with Crippen LogP contribution in [0.4, 0.5) is 0 Å². The predicted molar refractivity (Wildman–Crippen MR) is 148 cm³/mol. The molecule has 0 radical (unpaired) electrons. The highest BCUT2D eigenvalue weighted by Gasteiger charge is 2.26. The number of nitrogens with one attached hydrogen (secondary N) is 1. The van der Waals surface area contributed by atoms with Crippen molar-refractivity contribution >= 4 is 48.3 Å². The molecule has 5 rings (SSSR count). The third kappa shape index (κ3) is 5.21. The van der Waals surface area contributed by atoms with Crippen LogP contribution in [0.2, 0.25) is 0 Å². The minimum absolute atomic E-state index is 0.106. The Labute approximate surface area is 220 Å². The van der Waals surface area contributed by atoms with E-state index in [2.05, 4.69) is 16.9 Å². The van der Waals surface area contributed by atoms with Crippen molar-refractivity contribution in [3.05, 3.63) is 59.2 Å². The van der Waals surface area contributed by atoms with E-state index >= 15 is 0 Å². The number of amides is 1. The number of hydrogen-bond donors (Lipinski definition) is 1. The van der Waals surface area contributed by atoms with Gasteiger partial charge in [-0.15, -0.1) is 11.3 Å². The normalized spacial score (nSPS) is 15.7. The first-order chi connectivity index (χ1) is 17.6. The molecular weight excluding hydrogens is 508 g/mol. The summed E-state index contributed by atoms with van der Waals surface area (Å²) in [5.74, 6) is 0.140. The molecule has 2 aromatic carbocycles. The van der Waals surface area contributed by atoms with Crippen LogP contribution in [0.15, 0.2) is 42.5 Å². The maximum Gasteiger partial charge on any atom is 0.265 e. The minimum Gasteiger partial charge on any atom is -0.490 e. The van der Waals surface area contributed by atoms with E-state index in [4.69, 9.17) is 14.5 Å². The number of thiophene rings is 1. The number of rotatable bonds is 6. The number of nitrogens with zero attached hydrogens (tertiary/aromatic N) is 1. The maximum absolute atomic E-state index is 13.4. The summed E-state index contributed by atoms with van der Waals surface area (Å²) in [5.41, 5.74) is 3.41. The van der Waals surface area contributed by atoms with Crippen LogP contribution in [-0.2, 0) is 14.8 Å². The summed E-state index contributed by atoms with van der Waals surface area (Å²) in [7, 11) is -3.78. The standard InChI is InChI=1S/C28H30N2O5S2/c1-16-9-10-23(35-18(3)19-11-13-34-14-12-19)25-21(28(31)30-37(4,32)33)15-22(29-26(16)25)27-17(2)20-7-5-6-8-24(20)36-27/h5-10,15,18-19H,11-14H2,1-4H3,(H,30,31). The highest BCUT2D eigenvalue weighted by molar-refractivity contribution is 7.89. The summed E-state index contributed by atoms with van der Waals surface area (Å²) in [6.45, 7) is 7.41. The molecular formula is C28H30N2O5S2. The number of carbonyl (C=O) groups is 1. The fourth-order valence-corrected chi connectivity index (χ4v) is 6.58. The monoisotopic (exact) mass is 538 g/mol. The van der Waals surface area contributed by atoms with E-state index in [0.717, 1.165) is 45.2 Å². The molecule has 4 aromatic rings. The third-order valence-electron chi connectivity index (χ3n) is 6.97. The molecule has 2 aromatic heterocycles. The quantitative estimate of drug-likeness (QED) is 0.343. The molecule has 3 heterocycles. The van der Waals surface area contributed by atoms with E-state index in [1.807, 2.05) is 45.0 Å². The van der Waals surface area contributed by atoms with Gasteiger partial charge in [0, 0.05) is 17.9 Å². The summed E-state index contributed by atoms with van der Waals surface area (Å²) in [4.78, 5) is 19.3. The minimum atomic E-state index is -3.78. The van der Waals surface area contributed by atoms with Gasteiger partial charge in [-0.2, -0.15) is 0 Å². The summed E-state index contributed by atoms with van der Waals surface area (Å²) in [5, 5.41) is 1.65. The van der Waals surface area contributed by atoms with E-state index in [0.29, 0.717) is 41.5 Å². The molecule has 1 atom stereocenters. The van der Waals surface area contributed by atoms with Crippen molar-refractivity contribution in [2.45, 2.75) is 39.7 Å². The van der Waals surface area contributed by atoms with Crippen LogP contribution in [0.5, 0.6) is 5.75 Å². The Morgan fingerprint density at radius 1 is 1.16 bits per heavy atom. The van der Waals surface area contributed by atoms with Gasteiger partial charge in [0.2, 0.25) is 10.0 Å². The molecule has 9 heteroatoms. The first-order valence-electron chi connectivity index (χ1n) is 12.3. The first kappa shape index (κ1) is 25.6. The molecule has 0 aliphatic carbocycles. The average Bonchev–Trinajstić information content (AvgIpc) is 3.21. The number of aromatic nitrogens is 1. The Hall–Kier alpha value is -3.01. The van der Waals surface area contributed by atoms with Gasteiger partial charge in [-0.25, -0.2) is 18.1 Å². The Kier molecular flexibility index (Phi) is 6.95. The summed E-state index contributed by atoms with van der Waals surface area (Å²) < 4.78 is 39.3. The number of pyridine rings is 1. The SMILES string of the molecule is Cc1c(-c2cc(C(=O)NS(C)(=O)=O)c3c(OC(C)C4CCOCC4)ccc(C)c3n2)sc2ccccc12. The van der Waals surface area contributed by atoms with Crippen molar-refractivity contribution < 1.29 is 22.7 Å². The number of benzene rings is 2. The van der Waals surface area contributed by atoms with Crippen molar-refractivity contribution in [2.75, 3.05) is 19.5 Å². The van der Waals surface area contributed by atoms with E-state index in [1.165, 1.54) is 0 Å². The zero-order valence-electron chi connectivity index (χ0n) is 21.3. The lowest BCUT2D eigenvalue weighted by Crippen LogP contribution is -2.30. The number of fused-ring (bicyclic) bond motifs is 2. The lowest BCUT2D eigenvalue weighted by molar-refractivity contribution is 0.0243. The van der Waals surface area contributed by atoms with Gasteiger partial charge >= 0.3 is 0 Å². The number of aryl methyl sites for hydroxylation is 2. The summed E-state index contributed by atoms with van der Waals surface area (Å²) >= 11 is 1.60. The molecule has 1 amide bonds. The second-order valence-corrected chi connectivity index (χ2v) is 12.5. The van der Waals surface area contributed by atoms with Crippen molar-refractivity contribution in [3.63, 3.8) is 0 Å². The molecule has 1 aliphatic rings. The molecule has 0 saturated carbocycles. The lowest BCUT2D eigenvalue weighted by atomic mass is 9.94. The van der Waals surface area contributed by atoms with Gasteiger partial charge in [0.15, 0.2) is 0 Å². The third-order valence-corrected chi connectivity index (χ3v) is 8.82.